The van der Waals surface area contributed by atoms with E-state index in [2.05, 4.69) is 10.3 Å². The Kier molecular flexibility index (Phi) is 9.26. The van der Waals surface area contributed by atoms with Crippen LogP contribution in [0.3, 0.4) is 0 Å². The van der Waals surface area contributed by atoms with Crippen molar-refractivity contribution in [1.82, 2.24) is 10.3 Å². The van der Waals surface area contributed by atoms with Crippen LogP contribution in [0.25, 0.3) is 0 Å². The largest absolute Gasteiger partial charge is 0.311 e. The number of benzene rings is 1. The quantitative estimate of drug-likeness (QED) is 0.528. The fourth-order valence-corrected chi connectivity index (χ4v) is 3.86. The first-order valence-electron chi connectivity index (χ1n) is 10.6. The molecule has 1 aliphatic rings. The van der Waals surface area contributed by atoms with E-state index in [1.165, 1.54) is 0 Å². The monoisotopic (exact) mass is 450 g/mol. The average molecular weight is 451 g/mol. The molecule has 2 aromatic rings. The molecule has 1 aromatic carbocycles. The van der Waals surface area contributed by atoms with Crippen LogP contribution in [0.4, 0.5) is 8.78 Å². The number of carbonyl (C=O) groups excluding carboxylic acids is 2. The molecule has 3 rings (SSSR count). The van der Waals surface area contributed by atoms with Gasteiger partial charge in [0.1, 0.15) is 5.69 Å². The zero-order chi connectivity index (χ0) is 21.6. The summed E-state index contributed by atoms with van der Waals surface area (Å²) in [5.74, 6) is -3.65. The Bertz CT molecular complexity index is 890. The minimum Gasteiger partial charge on any atom is -0.311 e. The highest BCUT2D eigenvalue weighted by atomic mass is 35.5. The van der Waals surface area contributed by atoms with Crippen LogP contribution < -0.4 is 5.32 Å². The van der Waals surface area contributed by atoms with Gasteiger partial charge in [-0.1, -0.05) is 37.3 Å². The van der Waals surface area contributed by atoms with Crippen molar-refractivity contribution in [2.45, 2.75) is 51.4 Å². The van der Waals surface area contributed by atoms with Gasteiger partial charge in [-0.3, -0.25) is 9.59 Å². The van der Waals surface area contributed by atoms with Crippen molar-refractivity contribution in [3.63, 3.8) is 0 Å². The number of nitrogens with zero attached hydrogens (tertiary/aromatic N) is 1. The Hall–Kier alpha value is -2.18. The Morgan fingerprint density at radius 3 is 2.58 bits per heavy atom. The summed E-state index contributed by atoms with van der Waals surface area (Å²) in [7, 11) is 0. The molecular weight excluding hydrogens is 422 g/mol. The van der Waals surface area contributed by atoms with Crippen LogP contribution in [-0.4, -0.2) is 35.6 Å². The molecular formula is C24H29ClF2N2O2. The van der Waals surface area contributed by atoms with Crippen molar-refractivity contribution >= 4 is 24.0 Å². The molecule has 4 nitrogen and oxygen atoms in total. The summed E-state index contributed by atoms with van der Waals surface area (Å²) in [5, 5.41) is 2.72. The SMILES string of the molecule is CCC(=O)c1cc(C(=O)CCCC2CCNCC2(F)F)cc(Cc2ccccc2)n1.Cl. The maximum atomic E-state index is 14.0. The average Bonchev–Trinajstić information content (AvgIpc) is 2.74. The molecule has 1 aromatic heterocycles. The van der Waals surface area contributed by atoms with Gasteiger partial charge in [-0.25, -0.2) is 13.8 Å². The highest BCUT2D eigenvalue weighted by molar-refractivity contribution is 6.00. The van der Waals surface area contributed by atoms with Gasteiger partial charge in [0.25, 0.3) is 5.92 Å². The summed E-state index contributed by atoms with van der Waals surface area (Å²) in [5.41, 5.74) is 2.43. The number of alkyl halides is 2. The number of piperidine rings is 1. The van der Waals surface area contributed by atoms with Crippen LogP contribution >= 0.6 is 12.4 Å². The van der Waals surface area contributed by atoms with Crippen LogP contribution in [0.15, 0.2) is 42.5 Å². The zero-order valence-electron chi connectivity index (χ0n) is 17.7. The van der Waals surface area contributed by atoms with Gasteiger partial charge in [-0.15, -0.1) is 12.4 Å². The molecule has 1 unspecified atom stereocenters. The number of aromatic nitrogens is 1. The predicted molar refractivity (Wildman–Crippen MR) is 119 cm³/mol. The van der Waals surface area contributed by atoms with Crippen LogP contribution in [-0.2, 0) is 6.42 Å². The minimum absolute atomic E-state index is 0. The lowest BCUT2D eigenvalue weighted by Gasteiger charge is -2.31. The van der Waals surface area contributed by atoms with Crippen molar-refractivity contribution < 1.29 is 18.4 Å². The van der Waals surface area contributed by atoms with E-state index in [1.54, 1.807) is 19.1 Å². The first kappa shape index (κ1) is 25.1. The topological polar surface area (TPSA) is 59.1 Å². The molecule has 0 amide bonds. The summed E-state index contributed by atoms with van der Waals surface area (Å²) in [6.07, 6.45) is 2.17. The highest BCUT2D eigenvalue weighted by Crippen LogP contribution is 2.33. The van der Waals surface area contributed by atoms with E-state index < -0.39 is 11.8 Å². The standard InChI is InChI=1S/C24H28F2N2O2.ClH/c1-2-22(29)21-15-18(14-20(28-21)13-17-7-4-3-5-8-17)23(30)10-6-9-19-11-12-27-16-24(19,25)26;/h3-5,7-8,14-15,19,27H,2,6,9-13,16H2,1H3;1H. The Morgan fingerprint density at radius 2 is 1.90 bits per heavy atom. The molecule has 0 aliphatic carbocycles. The molecule has 7 heteroatoms. The Morgan fingerprint density at radius 1 is 1.16 bits per heavy atom. The summed E-state index contributed by atoms with van der Waals surface area (Å²) in [6.45, 7) is 2.06. The van der Waals surface area contributed by atoms with E-state index in [9.17, 15) is 18.4 Å². The van der Waals surface area contributed by atoms with Gasteiger partial charge in [0.15, 0.2) is 11.6 Å². The number of carbonyl (C=O) groups is 2. The highest BCUT2D eigenvalue weighted by Gasteiger charge is 2.40. The molecule has 2 heterocycles. The number of Topliss-reactive ketones (excluding diaryl/α,β-unsaturated/α-hetero) is 2. The first-order valence-corrected chi connectivity index (χ1v) is 10.6. The van der Waals surface area contributed by atoms with Crippen LogP contribution in [0.2, 0.25) is 0 Å². The maximum Gasteiger partial charge on any atom is 0.263 e. The lowest BCUT2D eigenvalue weighted by molar-refractivity contribution is -0.0764. The Labute approximate surface area is 188 Å². The molecule has 0 bridgehead atoms. The second-order valence-corrected chi connectivity index (χ2v) is 7.91. The lowest BCUT2D eigenvalue weighted by Crippen LogP contribution is -2.45. The number of halogens is 3. The van der Waals surface area contributed by atoms with Crippen molar-refractivity contribution in [3.05, 3.63) is 65.0 Å². The molecule has 0 radical (unpaired) electrons. The van der Waals surface area contributed by atoms with Gasteiger partial charge >= 0.3 is 0 Å². The van der Waals surface area contributed by atoms with Gasteiger partial charge < -0.3 is 5.32 Å². The van der Waals surface area contributed by atoms with Crippen molar-refractivity contribution in [3.8, 4) is 0 Å². The third-order valence-corrected chi connectivity index (χ3v) is 5.62. The van der Waals surface area contributed by atoms with Crippen molar-refractivity contribution in [1.29, 1.82) is 0 Å². The molecule has 168 valence electrons. The number of rotatable bonds is 9. The zero-order valence-corrected chi connectivity index (χ0v) is 18.5. The van der Waals surface area contributed by atoms with E-state index in [1.807, 2.05) is 30.3 Å². The van der Waals surface area contributed by atoms with Crippen LogP contribution in [0.5, 0.6) is 0 Å². The fourth-order valence-electron chi connectivity index (χ4n) is 3.86. The van der Waals surface area contributed by atoms with Crippen LogP contribution in [0, 0.1) is 5.92 Å². The number of nitrogens with one attached hydrogen (secondary N) is 1. The van der Waals surface area contributed by atoms with Gasteiger partial charge in [-0.05, 0) is 43.5 Å². The molecule has 1 aliphatic heterocycles. The summed E-state index contributed by atoms with van der Waals surface area (Å²) < 4.78 is 27.9. The van der Waals surface area contributed by atoms with E-state index >= 15 is 0 Å². The molecule has 0 saturated carbocycles. The fraction of sp³-hybridized carbons (Fsp3) is 0.458. The van der Waals surface area contributed by atoms with Gasteiger partial charge in [0.2, 0.25) is 0 Å². The van der Waals surface area contributed by atoms with Gasteiger partial charge in [0.05, 0.1) is 6.54 Å². The third-order valence-electron chi connectivity index (χ3n) is 5.62. The molecule has 1 fully saturated rings. The molecule has 0 spiro atoms. The summed E-state index contributed by atoms with van der Waals surface area (Å²) in [4.78, 5) is 29.4. The maximum absolute atomic E-state index is 14.0. The second-order valence-electron chi connectivity index (χ2n) is 7.91. The molecule has 1 saturated heterocycles. The number of hydrogen-bond donors (Lipinski definition) is 1. The normalized spacial score (nSPS) is 17.6. The summed E-state index contributed by atoms with van der Waals surface area (Å²) in [6, 6.07) is 13.0. The van der Waals surface area contributed by atoms with Crippen molar-refractivity contribution in [2.24, 2.45) is 5.92 Å². The smallest absolute Gasteiger partial charge is 0.263 e. The van der Waals surface area contributed by atoms with E-state index in [0.717, 1.165) is 5.56 Å². The molecule has 31 heavy (non-hydrogen) atoms. The van der Waals surface area contributed by atoms with Gasteiger partial charge in [0, 0.05) is 36.4 Å². The van der Waals surface area contributed by atoms with E-state index in [4.69, 9.17) is 0 Å². The minimum atomic E-state index is -2.72. The third kappa shape index (κ3) is 6.91. The second kappa shape index (κ2) is 11.4. The number of ketones is 2. The summed E-state index contributed by atoms with van der Waals surface area (Å²) >= 11 is 0. The van der Waals surface area contributed by atoms with Crippen molar-refractivity contribution in [2.75, 3.05) is 13.1 Å². The predicted octanol–water partition coefficient (Wildman–Crippen LogP) is 5.28. The van der Waals surface area contributed by atoms with E-state index in [0.29, 0.717) is 55.6 Å². The Balaban J connectivity index is 0.00000341. The lowest BCUT2D eigenvalue weighted by atomic mass is 9.88. The molecule has 1 N–H and O–H groups in total. The van der Waals surface area contributed by atoms with Crippen LogP contribution in [0.1, 0.15) is 71.1 Å². The van der Waals surface area contributed by atoms with Gasteiger partial charge in [-0.2, -0.15) is 0 Å². The molecule has 1 atom stereocenters. The number of hydrogen-bond acceptors (Lipinski definition) is 4. The number of pyridine rings is 1. The first-order chi connectivity index (χ1) is 14.4. The van der Waals surface area contributed by atoms with E-state index in [-0.39, 0.29) is 36.9 Å².